The van der Waals surface area contributed by atoms with Crippen LogP contribution in [0, 0.1) is 11.8 Å². The largest absolute Gasteiger partial charge is 0.406 e. The zero-order chi connectivity index (χ0) is 50.8. The van der Waals surface area contributed by atoms with E-state index in [2.05, 4.69) is 92.9 Å². The van der Waals surface area contributed by atoms with Crippen molar-refractivity contribution >= 4 is 34.4 Å². The second-order valence-electron chi connectivity index (χ2n) is 21.7. The molecule has 75 heavy (non-hydrogen) atoms. The van der Waals surface area contributed by atoms with Crippen molar-refractivity contribution in [3.63, 3.8) is 0 Å². The van der Waals surface area contributed by atoms with Crippen molar-refractivity contribution in [3.05, 3.63) is 188 Å². The van der Waals surface area contributed by atoms with Crippen molar-refractivity contribution in [3.8, 4) is 0 Å². The maximum absolute atomic E-state index is 12.9. The first-order valence-corrected chi connectivity index (χ1v) is 26.3. The van der Waals surface area contributed by atoms with Gasteiger partial charge in [-0.2, -0.15) is 0 Å². The van der Waals surface area contributed by atoms with Gasteiger partial charge in [0.05, 0.1) is 23.5 Å². The van der Waals surface area contributed by atoms with Crippen molar-refractivity contribution in [2.24, 2.45) is 25.9 Å². The maximum atomic E-state index is 12.9. The lowest BCUT2D eigenvalue weighted by atomic mass is 9.50. The molecule has 3 saturated heterocycles. The van der Waals surface area contributed by atoms with Gasteiger partial charge in [-0.3, -0.25) is 14.4 Å². The fourth-order valence-electron chi connectivity index (χ4n) is 12.8. The summed E-state index contributed by atoms with van der Waals surface area (Å²) in [6.07, 6.45) is 18.1. The highest BCUT2D eigenvalue weighted by molar-refractivity contribution is 6.48. The minimum atomic E-state index is -0.887. The lowest BCUT2D eigenvalue weighted by Crippen LogP contribution is -2.59. The van der Waals surface area contributed by atoms with Crippen LogP contribution in [0.3, 0.4) is 0 Å². The zero-order valence-electron chi connectivity index (χ0n) is 42.3. The molecule has 2 atom stereocenters. The number of carbonyl (C=O) groups excluding carboxylic acids is 1. The van der Waals surface area contributed by atoms with E-state index in [1.54, 1.807) is 69.1 Å². The van der Waals surface area contributed by atoms with Crippen molar-refractivity contribution in [1.29, 1.82) is 0 Å². The summed E-state index contributed by atoms with van der Waals surface area (Å²) in [5.74, 6) is 1.51. The SMILES string of the molecule is C.C1CCOC1.CB1OC(c2ccccc2)(c2ccccc2)[C@H]2CCCN12.Cn1ccc2c(C(=O)c3cn(C45CC(C4)C5)nn3)cccc2c1=O.Cn1ccc2c(C(O)c3cn(C45CC(C4)C5)nn3)cccc2c1=O. The molecule has 0 spiro atoms. The summed E-state index contributed by atoms with van der Waals surface area (Å²) >= 11 is 0. The zero-order valence-corrected chi connectivity index (χ0v) is 42.3. The Balaban J connectivity index is 0.000000114. The predicted octanol–water partition coefficient (Wildman–Crippen LogP) is 8.57. The Bertz CT molecular complexity index is 3420. The number of aliphatic hydroxyl groups is 1. The van der Waals surface area contributed by atoms with Crippen LogP contribution in [0.4, 0.5) is 0 Å². The fourth-order valence-corrected chi connectivity index (χ4v) is 12.8. The van der Waals surface area contributed by atoms with E-state index in [1.807, 2.05) is 27.7 Å². The molecule has 1 unspecified atom stereocenters. The number of ketones is 1. The number of aryl methyl sites for hydroxylation is 2. The topological polar surface area (TPSA) is 164 Å². The molecule has 0 amide bonds. The number of ether oxygens (including phenoxy) is 1. The Morgan fingerprint density at radius 2 is 1.21 bits per heavy atom. The van der Waals surface area contributed by atoms with Crippen molar-refractivity contribution in [1.82, 2.24) is 43.9 Å². The first kappa shape index (κ1) is 50.3. The summed E-state index contributed by atoms with van der Waals surface area (Å²) in [6, 6.07) is 36.2. The Kier molecular flexibility index (Phi) is 13.4. The van der Waals surface area contributed by atoms with Gasteiger partial charge in [0.25, 0.3) is 11.1 Å². The number of nitrogens with zero attached hydrogens (tertiary/aromatic N) is 9. The molecule has 9 fully saturated rings. The number of aromatic nitrogens is 8. The number of benzene rings is 4. The number of hydrogen-bond acceptors (Lipinski definition) is 11. The van der Waals surface area contributed by atoms with Crippen LogP contribution in [0.15, 0.2) is 144 Å². The van der Waals surface area contributed by atoms with Gasteiger partial charge in [-0.1, -0.05) is 103 Å². The summed E-state index contributed by atoms with van der Waals surface area (Å²) in [7, 11) is 3.60. The molecule has 17 rings (SSSR count). The standard InChI is InChI=1S/C18H20BNO.C18H18N4O2.C18H16N4O2.C4H8O.CH4/c1-19-20-14-8-13-17(20)18(21-19,15-9-4-2-5-10-15)16-11-6-3-7-12-16;2*1-21-6-5-12-13(3-2-4-14(12)17(21)24)16(23)15-10-22(20-19-15)18-7-11(8-18)9-18;1-2-4-5-3-1;/h2-7,9-12,17H,8,13-14H2,1H3;2-6,10-11,16,23H,7-9H2,1H3;2-6,10-11H,7-9H2,1H3;1-4H2;1H4/t17-;;;;/m1..../s1. The van der Waals surface area contributed by atoms with Crippen molar-refractivity contribution < 1.29 is 19.3 Å². The van der Waals surface area contributed by atoms with Crippen LogP contribution >= 0.6 is 0 Å². The van der Waals surface area contributed by atoms with Gasteiger partial charge in [-0.15, -0.1) is 10.2 Å². The molecule has 16 heteroatoms. The maximum Gasteiger partial charge on any atom is 0.380 e. The molecule has 6 aliphatic carbocycles. The van der Waals surface area contributed by atoms with Crippen molar-refractivity contribution in [2.45, 2.75) is 107 Å². The molecule has 3 aliphatic heterocycles. The molecule has 9 aliphatic rings. The highest BCUT2D eigenvalue weighted by Crippen LogP contribution is 2.62. The van der Waals surface area contributed by atoms with E-state index in [0.29, 0.717) is 44.7 Å². The normalized spacial score (nSPS) is 24.5. The molecule has 4 bridgehead atoms. The summed E-state index contributed by atoms with van der Waals surface area (Å²) in [4.78, 5) is 39.9. The fraction of sp³-hybridized carbons (Fsp3) is 0.407. The van der Waals surface area contributed by atoms with Gasteiger partial charge in [0.1, 0.15) is 17.4 Å². The first-order valence-electron chi connectivity index (χ1n) is 26.3. The Morgan fingerprint density at radius 3 is 1.77 bits per heavy atom. The highest BCUT2D eigenvalue weighted by Gasteiger charge is 2.60. The van der Waals surface area contributed by atoms with Crippen molar-refractivity contribution in [2.75, 3.05) is 19.8 Å². The number of aliphatic hydroxyl groups excluding tert-OH is 1. The van der Waals surface area contributed by atoms with Gasteiger partial charge in [0, 0.05) is 62.1 Å². The number of fused-ring (bicyclic) bond motifs is 3. The van der Waals surface area contributed by atoms with Gasteiger partial charge < -0.3 is 28.4 Å². The number of pyridine rings is 2. The number of hydrogen-bond donors (Lipinski definition) is 1. The molecule has 1 N–H and O–H groups in total. The number of carbonyl (C=O) groups is 1. The lowest BCUT2D eigenvalue weighted by molar-refractivity contribution is -0.0990. The summed E-state index contributed by atoms with van der Waals surface area (Å²) in [5.41, 5.74) is 4.38. The van der Waals surface area contributed by atoms with Crippen LogP contribution in [0.1, 0.15) is 116 Å². The van der Waals surface area contributed by atoms with Gasteiger partial charge in [-0.25, -0.2) is 9.36 Å². The Morgan fingerprint density at radius 1 is 0.667 bits per heavy atom. The molecule has 386 valence electrons. The molecular weight excluding hydrogens is 942 g/mol. The number of rotatable bonds is 8. The van der Waals surface area contributed by atoms with Crippen LogP contribution in [-0.2, 0) is 40.2 Å². The quantitative estimate of drug-likeness (QED) is 0.115. The van der Waals surface area contributed by atoms with E-state index in [0.717, 1.165) is 56.2 Å². The summed E-state index contributed by atoms with van der Waals surface area (Å²) in [5, 5.41) is 30.1. The van der Waals surface area contributed by atoms with E-state index in [1.165, 1.54) is 65.2 Å². The molecule has 6 saturated carbocycles. The second kappa shape index (κ2) is 20.0. The predicted molar refractivity (Wildman–Crippen MR) is 289 cm³/mol. The van der Waals surface area contributed by atoms with E-state index in [4.69, 9.17) is 9.39 Å². The van der Waals surface area contributed by atoms with Crippen LogP contribution in [0.2, 0.25) is 6.82 Å². The molecule has 4 aromatic heterocycles. The third-order valence-electron chi connectivity index (χ3n) is 17.1. The van der Waals surface area contributed by atoms with Gasteiger partial charge >= 0.3 is 7.05 Å². The molecule has 7 heterocycles. The third kappa shape index (κ3) is 8.69. The third-order valence-corrected chi connectivity index (χ3v) is 17.1. The molecule has 4 aromatic carbocycles. The van der Waals surface area contributed by atoms with Crippen LogP contribution in [0.25, 0.3) is 21.5 Å². The molecular formula is C59H66BN9O6. The molecule has 0 radical (unpaired) electrons. The second-order valence-corrected chi connectivity index (χ2v) is 21.7. The van der Waals surface area contributed by atoms with E-state index in [-0.39, 0.29) is 48.1 Å². The monoisotopic (exact) mass is 1010 g/mol. The molecule has 8 aromatic rings. The van der Waals surface area contributed by atoms with E-state index >= 15 is 0 Å². The summed E-state index contributed by atoms with van der Waals surface area (Å²) < 4.78 is 18.4. The molecule has 15 nitrogen and oxygen atoms in total. The van der Waals surface area contributed by atoms with Gasteiger partial charge in [0.15, 0.2) is 5.69 Å². The Labute approximate surface area is 437 Å². The minimum Gasteiger partial charge on any atom is -0.406 e. The Hall–Kier alpha value is -6.85. The first-order chi connectivity index (χ1) is 36.0. The van der Waals surface area contributed by atoms with E-state index < -0.39 is 6.10 Å². The van der Waals surface area contributed by atoms with Gasteiger partial charge in [0.2, 0.25) is 5.78 Å². The van der Waals surface area contributed by atoms with E-state index in [9.17, 15) is 19.5 Å². The van der Waals surface area contributed by atoms with Crippen LogP contribution in [-0.4, -0.2) is 87.7 Å². The average Bonchev–Trinajstić information content (AvgIpc) is 4.28. The highest BCUT2D eigenvalue weighted by atomic mass is 16.5. The van der Waals surface area contributed by atoms with Crippen LogP contribution < -0.4 is 11.1 Å². The van der Waals surface area contributed by atoms with Gasteiger partial charge in [-0.05, 0) is 141 Å². The smallest absolute Gasteiger partial charge is 0.380 e. The minimum absolute atomic E-state index is 0. The summed E-state index contributed by atoms with van der Waals surface area (Å²) in [6.45, 7) is 5.33. The lowest BCUT2D eigenvalue weighted by Gasteiger charge is -2.61. The van der Waals surface area contributed by atoms with Crippen LogP contribution in [0.5, 0.6) is 0 Å². The average molecular weight is 1010 g/mol.